The van der Waals surface area contributed by atoms with E-state index in [1.165, 1.54) is 0 Å². The smallest absolute Gasteiger partial charge is 0.244 e. The maximum absolute atomic E-state index is 4.64. The average molecular weight is 140 g/mol. The first-order valence-corrected chi connectivity index (χ1v) is 3.38. The molecule has 0 unspecified atom stereocenters. The van der Waals surface area contributed by atoms with Crippen LogP contribution in [0.25, 0.3) is 0 Å². The predicted molar refractivity (Wildman–Crippen MR) is 39.3 cm³/mol. The van der Waals surface area contributed by atoms with Crippen molar-refractivity contribution in [2.24, 2.45) is 0 Å². The van der Waals surface area contributed by atoms with Gasteiger partial charge < -0.3 is 9.68 Å². The van der Waals surface area contributed by atoms with Gasteiger partial charge >= 0.3 is 0 Å². The lowest BCUT2D eigenvalue weighted by atomic mass is 9.94. The first-order chi connectivity index (χ1) is 5.00. The molecule has 2 saturated heterocycles. The molecular formula is C4H10B2N2O2. The SMILES string of the molecule is [B]1CCON1.[B]1CCON1. The summed E-state index contributed by atoms with van der Waals surface area (Å²) in [5.41, 5.74) is 0. The maximum atomic E-state index is 4.64. The number of hydrogen-bond donors (Lipinski definition) is 2. The Labute approximate surface area is 62.1 Å². The minimum absolute atomic E-state index is 0.833. The number of hydrogen-bond acceptors (Lipinski definition) is 4. The van der Waals surface area contributed by atoms with Gasteiger partial charge in [0, 0.05) is 0 Å². The van der Waals surface area contributed by atoms with Gasteiger partial charge in [0.2, 0.25) is 14.8 Å². The van der Waals surface area contributed by atoms with Crippen molar-refractivity contribution in [2.45, 2.75) is 12.6 Å². The Kier molecular flexibility index (Phi) is 4.63. The zero-order chi connectivity index (χ0) is 7.07. The Morgan fingerprint density at radius 1 is 0.900 bits per heavy atom. The molecule has 0 atom stereocenters. The monoisotopic (exact) mass is 140 g/mol. The van der Waals surface area contributed by atoms with E-state index in [9.17, 15) is 0 Å². The van der Waals surface area contributed by atoms with Crippen LogP contribution in [0.4, 0.5) is 0 Å². The Bertz CT molecular complexity index is 52.4. The first kappa shape index (κ1) is 8.07. The zero-order valence-electron chi connectivity index (χ0n) is 5.80. The molecule has 0 aromatic rings. The molecule has 0 amide bonds. The lowest BCUT2D eigenvalue weighted by Gasteiger charge is -1.80. The molecule has 2 aliphatic rings. The zero-order valence-corrected chi connectivity index (χ0v) is 5.80. The lowest BCUT2D eigenvalue weighted by Crippen LogP contribution is -2.05. The van der Waals surface area contributed by atoms with E-state index in [1.807, 2.05) is 14.8 Å². The average Bonchev–Trinajstić information content (AvgIpc) is 2.67. The van der Waals surface area contributed by atoms with Gasteiger partial charge in [-0.05, 0) is 12.6 Å². The van der Waals surface area contributed by atoms with Gasteiger partial charge in [0.15, 0.2) is 0 Å². The van der Waals surface area contributed by atoms with Crippen LogP contribution in [0, 0.1) is 0 Å². The van der Waals surface area contributed by atoms with Crippen LogP contribution in [0.3, 0.4) is 0 Å². The van der Waals surface area contributed by atoms with E-state index < -0.39 is 0 Å². The number of rotatable bonds is 0. The van der Waals surface area contributed by atoms with Crippen LogP contribution in [0.2, 0.25) is 12.6 Å². The second-order valence-corrected chi connectivity index (χ2v) is 1.92. The Hall–Kier alpha value is -0.0301. The fourth-order valence-electron chi connectivity index (χ4n) is 0.589. The van der Waals surface area contributed by atoms with E-state index in [-0.39, 0.29) is 0 Å². The van der Waals surface area contributed by atoms with Crippen LogP contribution in [0.5, 0.6) is 0 Å². The summed E-state index contributed by atoms with van der Waals surface area (Å²) in [6.45, 7) is 1.67. The van der Waals surface area contributed by atoms with Gasteiger partial charge in [-0.2, -0.15) is 0 Å². The second kappa shape index (κ2) is 5.73. The summed E-state index contributed by atoms with van der Waals surface area (Å²) in [5, 5.41) is 5.19. The molecule has 0 aliphatic carbocycles. The van der Waals surface area contributed by atoms with Crippen LogP contribution < -0.4 is 10.8 Å². The summed E-state index contributed by atoms with van der Waals surface area (Å²) in [4.78, 5) is 9.28. The fraction of sp³-hybridized carbons (Fsp3) is 1.00. The minimum atomic E-state index is 0.833. The highest BCUT2D eigenvalue weighted by Crippen LogP contribution is 1.83. The molecule has 2 heterocycles. The molecule has 10 heavy (non-hydrogen) atoms. The van der Waals surface area contributed by atoms with Gasteiger partial charge in [0.1, 0.15) is 0 Å². The maximum Gasteiger partial charge on any atom is 0.244 e. The molecule has 2 fully saturated rings. The van der Waals surface area contributed by atoms with Crippen molar-refractivity contribution in [1.29, 1.82) is 0 Å². The normalized spacial score (nSPS) is 22.4. The Morgan fingerprint density at radius 2 is 1.40 bits per heavy atom. The number of nitrogens with one attached hydrogen (secondary N) is 2. The van der Waals surface area contributed by atoms with Crippen molar-refractivity contribution >= 4 is 14.8 Å². The van der Waals surface area contributed by atoms with Gasteiger partial charge in [-0.3, -0.25) is 10.8 Å². The van der Waals surface area contributed by atoms with Crippen molar-refractivity contribution in [2.75, 3.05) is 13.2 Å². The first-order valence-electron chi connectivity index (χ1n) is 3.38. The highest BCUT2D eigenvalue weighted by atomic mass is 16.6. The molecule has 0 saturated carbocycles. The second-order valence-electron chi connectivity index (χ2n) is 1.92. The largest absolute Gasteiger partial charge is 0.315 e. The molecule has 4 nitrogen and oxygen atoms in total. The molecule has 2 aliphatic heterocycles. The van der Waals surface area contributed by atoms with Crippen molar-refractivity contribution in [3.8, 4) is 0 Å². The quantitative estimate of drug-likeness (QED) is 0.428. The van der Waals surface area contributed by atoms with Gasteiger partial charge in [-0.15, -0.1) is 0 Å². The van der Waals surface area contributed by atoms with E-state index in [0.717, 1.165) is 25.9 Å². The predicted octanol–water partition coefficient (Wildman–Crippen LogP) is -0.883. The Morgan fingerprint density at radius 3 is 1.50 bits per heavy atom. The molecule has 0 bridgehead atoms. The summed E-state index contributed by atoms with van der Waals surface area (Å²) < 4.78 is 0. The van der Waals surface area contributed by atoms with E-state index in [0.29, 0.717) is 0 Å². The third-order valence-corrected chi connectivity index (χ3v) is 1.06. The molecule has 0 aromatic carbocycles. The summed E-state index contributed by atoms with van der Waals surface area (Å²) in [6.07, 6.45) is 2.08. The highest BCUT2D eigenvalue weighted by Gasteiger charge is 1.97. The van der Waals surface area contributed by atoms with Crippen LogP contribution in [-0.2, 0) is 9.68 Å². The van der Waals surface area contributed by atoms with Crippen LogP contribution in [0.15, 0.2) is 0 Å². The topological polar surface area (TPSA) is 42.5 Å². The molecule has 2 radical (unpaired) electrons. The van der Waals surface area contributed by atoms with Crippen molar-refractivity contribution in [1.82, 2.24) is 10.8 Å². The summed E-state index contributed by atoms with van der Waals surface area (Å²) in [7, 11) is 3.78. The molecule has 54 valence electrons. The highest BCUT2D eigenvalue weighted by molar-refractivity contribution is 6.32. The Balaban J connectivity index is 0.0000001000. The minimum Gasteiger partial charge on any atom is -0.315 e. The molecule has 2 rings (SSSR count). The summed E-state index contributed by atoms with van der Waals surface area (Å²) in [6, 6.07) is 0. The summed E-state index contributed by atoms with van der Waals surface area (Å²) >= 11 is 0. The van der Waals surface area contributed by atoms with Crippen molar-refractivity contribution in [3.05, 3.63) is 0 Å². The third kappa shape index (κ3) is 3.90. The van der Waals surface area contributed by atoms with Crippen LogP contribution in [0.1, 0.15) is 0 Å². The summed E-state index contributed by atoms with van der Waals surface area (Å²) in [5.74, 6) is 0. The molecule has 0 spiro atoms. The fourth-order valence-corrected chi connectivity index (χ4v) is 0.589. The molecular weight excluding hydrogens is 130 g/mol. The standard InChI is InChI=1S/2C2H5BNO/c2*1-2-5-4-3-1/h2*4H,1-2H2. The van der Waals surface area contributed by atoms with Gasteiger partial charge in [-0.25, -0.2) is 0 Å². The molecule has 2 N–H and O–H groups in total. The van der Waals surface area contributed by atoms with Crippen molar-refractivity contribution in [3.63, 3.8) is 0 Å². The molecule has 6 heteroatoms. The van der Waals surface area contributed by atoms with E-state index in [2.05, 4.69) is 20.5 Å². The van der Waals surface area contributed by atoms with E-state index >= 15 is 0 Å². The third-order valence-electron chi connectivity index (χ3n) is 1.06. The van der Waals surface area contributed by atoms with Crippen LogP contribution >= 0.6 is 0 Å². The van der Waals surface area contributed by atoms with Crippen molar-refractivity contribution < 1.29 is 9.68 Å². The van der Waals surface area contributed by atoms with E-state index in [4.69, 9.17) is 0 Å². The van der Waals surface area contributed by atoms with E-state index in [1.54, 1.807) is 0 Å². The van der Waals surface area contributed by atoms with Gasteiger partial charge in [0.25, 0.3) is 0 Å². The van der Waals surface area contributed by atoms with Crippen LogP contribution in [-0.4, -0.2) is 28.0 Å². The van der Waals surface area contributed by atoms with Gasteiger partial charge in [-0.1, -0.05) is 0 Å². The van der Waals surface area contributed by atoms with Gasteiger partial charge in [0.05, 0.1) is 13.2 Å². The molecule has 0 aromatic heterocycles. The lowest BCUT2D eigenvalue weighted by molar-refractivity contribution is 0.128.